The van der Waals surface area contributed by atoms with Gasteiger partial charge in [-0.15, -0.1) is 0 Å². The molecule has 4 rings (SSSR count). The van der Waals surface area contributed by atoms with Gasteiger partial charge in [0.05, 0.1) is 0 Å². The summed E-state index contributed by atoms with van der Waals surface area (Å²) in [5.41, 5.74) is 5.07. The SMILES string of the molecule is Cc1ccccc1[Si](C)(C)OCC(CO[Si](C)(C)c1ccccc1C)(Cc1ccccc1)Cc1ccccc1. The van der Waals surface area contributed by atoms with Crippen LogP contribution in [0.1, 0.15) is 22.3 Å². The van der Waals surface area contributed by atoms with Crippen molar-refractivity contribution in [3.8, 4) is 0 Å². The van der Waals surface area contributed by atoms with Gasteiger partial charge in [-0.2, -0.15) is 0 Å². The summed E-state index contributed by atoms with van der Waals surface area (Å²) in [7, 11) is -4.32. The summed E-state index contributed by atoms with van der Waals surface area (Å²) >= 11 is 0. The summed E-state index contributed by atoms with van der Waals surface area (Å²) in [6, 6.07) is 39.2. The Hall–Kier alpha value is -2.77. The molecule has 0 amide bonds. The van der Waals surface area contributed by atoms with Crippen molar-refractivity contribution < 1.29 is 8.85 Å². The molecule has 0 aliphatic heterocycles. The van der Waals surface area contributed by atoms with Crippen LogP contribution in [0.2, 0.25) is 26.2 Å². The quantitative estimate of drug-likeness (QED) is 0.171. The van der Waals surface area contributed by atoms with E-state index < -0.39 is 16.6 Å². The summed E-state index contributed by atoms with van der Waals surface area (Å²) in [5, 5.41) is 2.74. The third-order valence-corrected chi connectivity index (χ3v) is 13.4. The first-order valence-corrected chi connectivity index (χ1v) is 19.9. The predicted molar refractivity (Wildman–Crippen MR) is 171 cm³/mol. The third kappa shape index (κ3) is 7.67. The first kappa shape index (κ1) is 29.2. The van der Waals surface area contributed by atoms with Gasteiger partial charge in [0.15, 0.2) is 0 Å². The van der Waals surface area contributed by atoms with E-state index in [0.717, 1.165) is 12.8 Å². The van der Waals surface area contributed by atoms with E-state index in [1.807, 2.05) is 0 Å². The minimum atomic E-state index is -2.16. The maximum atomic E-state index is 7.08. The Bertz CT molecular complexity index is 1230. The van der Waals surface area contributed by atoms with E-state index in [4.69, 9.17) is 8.85 Å². The summed E-state index contributed by atoms with van der Waals surface area (Å²) in [6.45, 7) is 15.0. The summed E-state index contributed by atoms with van der Waals surface area (Å²) in [6.07, 6.45) is 1.80. The van der Waals surface area contributed by atoms with Gasteiger partial charge in [-0.3, -0.25) is 0 Å². The van der Waals surface area contributed by atoms with Gasteiger partial charge >= 0.3 is 0 Å². The van der Waals surface area contributed by atoms with Crippen LogP contribution in [0.25, 0.3) is 0 Å². The molecule has 0 bridgehead atoms. The lowest BCUT2D eigenvalue weighted by Gasteiger charge is -2.40. The van der Waals surface area contributed by atoms with Gasteiger partial charge in [-0.25, -0.2) is 0 Å². The Kier molecular flexibility index (Phi) is 9.45. The number of benzene rings is 4. The smallest absolute Gasteiger partial charge is 0.218 e. The fourth-order valence-corrected chi connectivity index (χ4v) is 10.4. The van der Waals surface area contributed by atoms with Crippen LogP contribution in [0.5, 0.6) is 0 Å². The average Bonchev–Trinajstić information content (AvgIpc) is 2.92. The van der Waals surface area contributed by atoms with E-state index >= 15 is 0 Å². The molecule has 4 heteroatoms. The maximum absolute atomic E-state index is 7.08. The second kappa shape index (κ2) is 12.6. The molecule has 0 saturated carbocycles. The molecule has 0 aliphatic rings. The molecule has 4 aromatic carbocycles. The summed E-state index contributed by atoms with van der Waals surface area (Å²) < 4.78 is 14.2. The van der Waals surface area contributed by atoms with E-state index in [-0.39, 0.29) is 5.41 Å². The topological polar surface area (TPSA) is 18.5 Å². The van der Waals surface area contributed by atoms with Crippen LogP contribution in [-0.4, -0.2) is 29.8 Å². The Balaban J connectivity index is 1.71. The minimum Gasteiger partial charge on any atom is -0.412 e. The highest BCUT2D eigenvalue weighted by Gasteiger charge is 2.39. The largest absolute Gasteiger partial charge is 0.412 e. The summed E-state index contributed by atoms with van der Waals surface area (Å²) in [5.74, 6) is 0. The van der Waals surface area contributed by atoms with E-state index in [9.17, 15) is 0 Å². The monoisotopic (exact) mass is 552 g/mol. The second-order valence-electron chi connectivity index (χ2n) is 12.1. The van der Waals surface area contributed by atoms with Crippen molar-refractivity contribution in [2.24, 2.45) is 5.41 Å². The molecular formula is C35H44O2Si2. The van der Waals surface area contributed by atoms with Crippen LogP contribution in [0, 0.1) is 19.3 Å². The Morgan fingerprint density at radius 3 is 1.18 bits per heavy atom. The van der Waals surface area contributed by atoms with E-state index in [1.165, 1.54) is 32.6 Å². The van der Waals surface area contributed by atoms with Crippen LogP contribution in [0.3, 0.4) is 0 Å². The van der Waals surface area contributed by atoms with Gasteiger partial charge in [0.1, 0.15) is 0 Å². The van der Waals surface area contributed by atoms with Gasteiger partial charge in [-0.1, -0.05) is 109 Å². The lowest BCUT2D eigenvalue weighted by atomic mass is 9.78. The Morgan fingerprint density at radius 2 is 0.821 bits per heavy atom. The van der Waals surface area contributed by atoms with Crippen molar-refractivity contribution in [3.05, 3.63) is 131 Å². The molecule has 204 valence electrons. The van der Waals surface area contributed by atoms with Crippen LogP contribution >= 0.6 is 0 Å². The minimum absolute atomic E-state index is 0.206. The lowest BCUT2D eigenvalue weighted by molar-refractivity contribution is 0.0728. The predicted octanol–water partition coefficient (Wildman–Crippen LogP) is 7.33. The molecule has 0 unspecified atom stereocenters. The van der Waals surface area contributed by atoms with Gasteiger partial charge in [0.2, 0.25) is 16.6 Å². The fourth-order valence-electron chi connectivity index (χ4n) is 5.69. The van der Waals surface area contributed by atoms with Crippen molar-refractivity contribution in [1.82, 2.24) is 0 Å². The molecule has 0 atom stereocenters. The molecule has 0 N–H and O–H groups in total. The third-order valence-electron chi connectivity index (χ3n) is 7.91. The van der Waals surface area contributed by atoms with Gasteiger partial charge in [-0.05, 0) is 85.5 Å². The molecule has 2 nitrogen and oxygen atoms in total. The van der Waals surface area contributed by atoms with Gasteiger partial charge in [0, 0.05) is 18.6 Å². The molecule has 0 aromatic heterocycles. The summed E-state index contributed by atoms with van der Waals surface area (Å²) in [4.78, 5) is 0. The molecule has 0 saturated heterocycles. The highest BCUT2D eigenvalue weighted by atomic mass is 28.4. The molecule has 0 spiro atoms. The van der Waals surface area contributed by atoms with Crippen molar-refractivity contribution in [2.75, 3.05) is 13.2 Å². The average molecular weight is 553 g/mol. The second-order valence-corrected chi connectivity index (χ2v) is 19.7. The van der Waals surface area contributed by atoms with Crippen molar-refractivity contribution in [2.45, 2.75) is 52.9 Å². The molecule has 0 fully saturated rings. The number of rotatable bonds is 12. The zero-order chi connectivity index (χ0) is 27.9. The first-order valence-electron chi connectivity index (χ1n) is 14.1. The van der Waals surface area contributed by atoms with Gasteiger partial charge < -0.3 is 8.85 Å². The van der Waals surface area contributed by atoms with E-state index in [2.05, 4.69) is 149 Å². The number of hydrogen-bond donors (Lipinski definition) is 0. The fraction of sp³-hybridized carbons (Fsp3) is 0.314. The highest BCUT2D eigenvalue weighted by Crippen LogP contribution is 2.32. The molecular weight excluding hydrogens is 509 g/mol. The zero-order valence-corrected chi connectivity index (χ0v) is 26.5. The van der Waals surface area contributed by atoms with Gasteiger partial charge in [0.25, 0.3) is 0 Å². The van der Waals surface area contributed by atoms with Crippen LogP contribution in [0.4, 0.5) is 0 Å². The molecule has 4 aromatic rings. The van der Waals surface area contributed by atoms with Crippen LogP contribution < -0.4 is 10.4 Å². The molecule has 0 heterocycles. The lowest BCUT2D eigenvalue weighted by Crippen LogP contribution is -2.52. The zero-order valence-electron chi connectivity index (χ0n) is 24.5. The molecule has 0 radical (unpaired) electrons. The normalized spacial score (nSPS) is 12.5. The van der Waals surface area contributed by atoms with Crippen molar-refractivity contribution >= 4 is 27.0 Å². The first-order chi connectivity index (χ1) is 18.6. The van der Waals surface area contributed by atoms with Crippen molar-refractivity contribution in [1.29, 1.82) is 0 Å². The molecule has 0 aliphatic carbocycles. The molecule has 39 heavy (non-hydrogen) atoms. The Morgan fingerprint density at radius 1 is 0.487 bits per heavy atom. The van der Waals surface area contributed by atoms with Crippen LogP contribution in [0.15, 0.2) is 109 Å². The van der Waals surface area contributed by atoms with Crippen molar-refractivity contribution in [3.63, 3.8) is 0 Å². The van der Waals surface area contributed by atoms with Crippen LogP contribution in [-0.2, 0) is 21.7 Å². The Labute approximate surface area is 238 Å². The van der Waals surface area contributed by atoms with E-state index in [0.29, 0.717) is 13.2 Å². The maximum Gasteiger partial charge on any atom is 0.218 e. The number of hydrogen-bond acceptors (Lipinski definition) is 2. The van der Waals surface area contributed by atoms with E-state index in [1.54, 1.807) is 0 Å². The highest BCUT2D eigenvalue weighted by molar-refractivity contribution is 6.85. The number of aryl methyl sites for hydroxylation is 2. The standard InChI is InChI=1S/C35H44O2Si2/c1-29-17-13-15-23-33(29)38(3,4)36-27-35(25-31-19-9-7-10-20-31,26-32-21-11-8-12-22-32)28-37-39(5,6)34-24-16-14-18-30(34)2/h7-24H,25-28H2,1-6H3.